The molecule has 1 N–H and O–H groups in total. The van der Waals surface area contributed by atoms with Crippen LogP contribution in [0.1, 0.15) is 22.3 Å². The van der Waals surface area contributed by atoms with Crippen molar-refractivity contribution in [2.75, 3.05) is 0 Å². The highest BCUT2D eigenvalue weighted by Gasteiger charge is 2.11. The Hall–Kier alpha value is -1.38. The smallest absolute Gasteiger partial charge is 0.127 e. The first kappa shape index (κ1) is 15.0. The summed E-state index contributed by atoms with van der Waals surface area (Å²) in [5, 5.41) is 10.5. The molecule has 20 heavy (non-hydrogen) atoms. The molecule has 0 spiro atoms. The Balaban J connectivity index is 2.04. The van der Waals surface area contributed by atoms with Crippen molar-refractivity contribution in [2.45, 2.75) is 32.8 Å². The zero-order chi connectivity index (χ0) is 14.7. The number of aryl methyl sites for hydroxylation is 2. The minimum Gasteiger partial charge on any atom is -0.392 e. The average molecular weight is 293 g/mol. The summed E-state index contributed by atoms with van der Waals surface area (Å²) < 4.78 is 13.7. The second-order valence-electron chi connectivity index (χ2n) is 5.22. The van der Waals surface area contributed by atoms with Gasteiger partial charge in [0.2, 0.25) is 0 Å². The predicted octanol–water partition coefficient (Wildman–Crippen LogP) is 4.24. The van der Waals surface area contributed by atoms with E-state index < -0.39 is 6.10 Å². The van der Waals surface area contributed by atoms with Gasteiger partial charge in [-0.15, -0.1) is 0 Å². The summed E-state index contributed by atoms with van der Waals surface area (Å²) in [7, 11) is 0. The molecule has 0 aromatic heterocycles. The third kappa shape index (κ3) is 3.81. The van der Waals surface area contributed by atoms with E-state index in [-0.39, 0.29) is 12.2 Å². The molecule has 2 aromatic carbocycles. The molecule has 0 saturated carbocycles. The summed E-state index contributed by atoms with van der Waals surface area (Å²) in [5.74, 6) is -0.364. The van der Waals surface area contributed by atoms with Gasteiger partial charge in [-0.2, -0.15) is 0 Å². The lowest BCUT2D eigenvalue weighted by molar-refractivity contribution is 0.174. The Labute approximate surface area is 124 Å². The molecular weight excluding hydrogens is 275 g/mol. The van der Waals surface area contributed by atoms with Crippen molar-refractivity contribution in [3.63, 3.8) is 0 Å². The lowest BCUT2D eigenvalue weighted by Crippen LogP contribution is -2.15. The number of aliphatic hydroxyl groups is 1. The summed E-state index contributed by atoms with van der Waals surface area (Å²) in [4.78, 5) is 0. The molecule has 1 nitrogen and oxygen atoms in total. The molecule has 2 aromatic rings. The summed E-state index contributed by atoms with van der Waals surface area (Å²) in [6, 6.07) is 10.7. The van der Waals surface area contributed by atoms with Gasteiger partial charge in [0.25, 0.3) is 0 Å². The Morgan fingerprint density at radius 2 is 1.80 bits per heavy atom. The average Bonchev–Trinajstić information content (AvgIpc) is 2.37. The maximum absolute atomic E-state index is 13.7. The van der Waals surface area contributed by atoms with Gasteiger partial charge in [0.15, 0.2) is 0 Å². The topological polar surface area (TPSA) is 20.2 Å². The fraction of sp³-hybridized carbons (Fsp3) is 0.294. The Bertz CT molecular complexity index is 610. The lowest BCUT2D eigenvalue weighted by atomic mass is 9.98. The van der Waals surface area contributed by atoms with Gasteiger partial charge in [-0.1, -0.05) is 35.9 Å². The standard InChI is InChI=1S/C17H18ClFO/c1-11-3-4-13(7-12(11)2)8-16(20)9-14-5-6-15(18)10-17(14)19/h3-7,10,16,20H,8-9H2,1-2H3. The number of rotatable bonds is 4. The van der Waals surface area contributed by atoms with Crippen LogP contribution < -0.4 is 0 Å². The Kier molecular flexibility index (Phi) is 4.79. The molecular formula is C17H18ClFO. The van der Waals surface area contributed by atoms with Crippen LogP contribution in [0.25, 0.3) is 0 Å². The fourth-order valence-electron chi connectivity index (χ4n) is 2.22. The summed E-state index contributed by atoms with van der Waals surface area (Å²) in [6.45, 7) is 4.10. The summed E-state index contributed by atoms with van der Waals surface area (Å²) >= 11 is 5.71. The number of hydrogen-bond donors (Lipinski definition) is 1. The van der Waals surface area contributed by atoms with E-state index in [1.165, 1.54) is 17.2 Å². The van der Waals surface area contributed by atoms with Crippen LogP contribution in [0.4, 0.5) is 4.39 Å². The highest BCUT2D eigenvalue weighted by atomic mass is 35.5. The monoisotopic (exact) mass is 292 g/mol. The second-order valence-corrected chi connectivity index (χ2v) is 5.65. The fourth-order valence-corrected chi connectivity index (χ4v) is 2.37. The molecule has 3 heteroatoms. The highest BCUT2D eigenvalue weighted by Crippen LogP contribution is 2.18. The van der Waals surface area contributed by atoms with Crippen LogP contribution in [0.15, 0.2) is 36.4 Å². The van der Waals surface area contributed by atoms with Gasteiger partial charge in [-0.3, -0.25) is 0 Å². The van der Waals surface area contributed by atoms with E-state index in [0.717, 1.165) is 5.56 Å². The van der Waals surface area contributed by atoms with E-state index in [9.17, 15) is 9.50 Å². The zero-order valence-electron chi connectivity index (χ0n) is 11.7. The molecule has 0 bridgehead atoms. The van der Waals surface area contributed by atoms with E-state index >= 15 is 0 Å². The Morgan fingerprint density at radius 3 is 2.45 bits per heavy atom. The van der Waals surface area contributed by atoms with Crippen LogP contribution in [-0.2, 0) is 12.8 Å². The maximum Gasteiger partial charge on any atom is 0.127 e. The highest BCUT2D eigenvalue weighted by molar-refractivity contribution is 6.30. The van der Waals surface area contributed by atoms with Crippen LogP contribution in [0.3, 0.4) is 0 Å². The van der Waals surface area contributed by atoms with Gasteiger partial charge < -0.3 is 5.11 Å². The van der Waals surface area contributed by atoms with Crippen molar-refractivity contribution in [3.05, 3.63) is 69.5 Å². The van der Waals surface area contributed by atoms with Gasteiger partial charge in [0.05, 0.1) is 6.10 Å². The van der Waals surface area contributed by atoms with Crippen LogP contribution in [0, 0.1) is 19.7 Å². The Morgan fingerprint density at radius 1 is 1.05 bits per heavy atom. The molecule has 0 aliphatic rings. The van der Waals surface area contributed by atoms with Gasteiger partial charge >= 0.3 is 0 Å². The quantitative estimate of drug-likeness (QED) is 0.893. The molecule has 1 atom stereocenters. The van der Waals surface area contributed by atoms with Gasteiger partial charge in [0.1, 0.15) is 5.82 Å². The third-order valence-electron chi connectivity index (χ3n) is 3.51. The van der Waals surface area contributed by atoms with Crippen molar-refractivity contribution in [3.8, 4) is 0 Å². The third-order valence-corrected chi connectivity index (χ3v) is 3.75. The molecule has 2 rings (SSSR count). The minimum atomic E-state index is -0.604. The second kappa shape index (κ2) is 6.38. The molecule has 0 saturated heterocycles. The normalized spacial score (nSPS) is 12.4. The SMILES string of the molecule is Cc1ccc(CC(O)Cc2ccc(Cl)cc2F)cc1C. The lowest BCUT2D eigenvalue weighted by Gasteiger charge is -2.12. The van der Waals surface area contributed by atoms with Crippen LogP contribution in [0.2, 0.25) is 5.02 Å². The van der Waals surface area contributed by atoms with Gasteiger partial charge in [-0.05, 0) is 54.7 Å². The van der Waals surface area contributed by atoms with E-state index in [1.54, 1.807) is 12.1 Å². The van der Waals surface area contributed by atoms with Gasteiger partial charge in [0, 0.05) is 11.4 Å². The minimum absolute atomic E-state index is 0.288. The molecule has 1 unspecified atom stereocenters. The molecule has 0 radical (unpaired) electrons. The first-order valence-electron chi connectivity index (χ1n) is 6.64. The predicted molar refractivity (Wildman–Crippen MR) is 80.7 cm³/mol. The van der Waals surface area contributed by atoms with Gasteiger partial charge in [-0.25, -0.2) is 4.39 Å². The first-order valence-corrected chi connectivity index (χ1v) is 7.01. The molecule has 0 aliphatic carbocycles. The van der Waals surface area contributed by atoms with Crippen molar-refractivity contribution >= 4 is 11.6 Å². The summed E-state index contributed by atoms with van der Waals surface area (Å²) in [5.41, 5.74) is 3.99. The zero-order valence-corrected chi connectivity index (χ0v) is 12.4. The summed E-state index contributed by atoms with van der Waals surface area (Å²) in [6.07, 6.45) is 0.201. The van der Waals surface area contributed by atoms with E-state index in [4.69, 9.17) is 11.6 Å². The first-order chi connectivity index (χ1) is 9.45. The van der Waals surface area contributed by atoms with Crippen LogP contribution >= 0.6 is 11.6 Å². The number of hydrogen-bond acceptors (Lipinski definition) is 1. The van der Waals surface area contributed by atoms with E-state index in [1.807, 2.05) is 19.1 Å². The maximum atomic E-state index is 13.7. The van der Waals surface area contributed by atoms with Crippen molar-refractivity contribution in [2.24, 2.45) is 0 Å². The van der Waals surface area contributed by atoms with Crippen molar-refractivity contribution < 1.29 is 9.50 Å². The molecule has 0 fully saturated rings. The number of halogens is 2. The van der Waals surface area contributed by atoms with E-state index in [0.29, 0.717) is 17.0 Å². The van der Waals surface area contributed by atoms with E-state index in [2.05, 4.69) is 13.0 Å². The molecule has 106 valence electrons. The van der Waals surface area contributed by atoms with Crippen molar-refractivity contribution in [1.29, 1.82) is 0 Å². The van der Waals surface area contributed by atoms with Crippen molar-refractivity contribution in [1.82, 2.24) is 0 Å². The van der Waals surface area contributed by atoms with Crippen LogP contribution in [0.5, 0.6) is 0 Å². The number of benzene rings is 2. The largest absolute Gasteiger partial charge is 0.392 e. The molecule has 0 aliphatic heterocycles. The molecule has 0 amide bonds. The molecule has 0 heterocycles. The van der Waals surface area contributed by atoms with Crippen LogP contribution in [-0.4, -0.2) is 11.2 Å². The number of aliphatic hydroxyl groups excluding tert-OH is 1.